The number of esters is 1. The molecule has 0 atom stereocenters. The van der Waals surface area contributed by atoms with Crippen molar-refractivity contribution in [3.8, 4) is 0 Å². The Labute approximate surface area is 95.3 Å². The lowest BCUT2D eigenvalue weighted by Gasteiger charge is -2.05. The van der Waals surface area contributed by atoms with Gasteiger partial charge in [0.1, 0.15) is 0 Å². The van der Waals surface area contributed by atoms with E-state index < -0.39 is 18.6 Å². The van der Waals surface area contributed by atoms with Crippen molar-refractivity contribution in [1.82, 2.24) is 9.78 Å². The summed E-state index contributed by atoms with van der Waals surface area (Å²) in [7, 11) is 0. The fourth-order valence-electron chi connectivity index (χ4n) is 1.15. The number of halogens is 3. The molecule has 0 bridgehead atoms. The molecule has 0 aliphatic rings. The standard InChI is InChI=1S/C9H12F3N3O2/c1-2-17-8(16)7-6(13)5-15(14-7)4-3-9(10,11)12/h5H,2-4,13H2,1H3. The number of carbonyl (C=O) groups is 1. The fraction of sp³-hybridized carbons (Fsp3) is 0.556. The molecule has 0 aliphatic carbocycles. The van der Waals surface area contributed by atoms with E-state index in [1.807, 2.05) is 0 Å². The van der Waals surface area contributed by atoms with Crippen LogP contribution in [0.1, 0.15) is 23.8 Å². The molecule has 0 saturated carbocycles. The van der Waals surface area contributed by atoms with Crippen molar-refractivity contribution in [1.29, 1.82) is 0 Å². The lowest BCUT2D eigenvalue weighted by Crippen LogP contribution is -2.13. The van der Waals surface area contributed by atoms with E-state index >= 15 is 0 Å². The number of nitrogen functional groups attached to an aromatic ring is 1. The average Bonchev–Trinajstić information content (AvgIpc) is 2.56. The normalized spacial score (nSPS) is 11.5. The maximum absolute atomic E-state index is 12.0. The zero-order chi connectivity index (χ0) is 13.1. The van der Waals surface area contributed by atoms with Gasteiger partial charge in [0, 0.05) is 12.7 Å². The van der Waals surface area contributed by atoms with E-state index in [0.717, 1.165) is 4.68 Å². The molecule has 2 N–H and O–H groups in total. The second-order valence-corrected chi connectivity index (χ2v) is 3.28. The number of nitrogens with two attached hydrogens (primary N) is 1. The van der Waals surface area contributed by atoms with Gasteiger partial charge < -0.3 is 10.5 Å². The highest BCUT2D eigenvalue weighted by molar-refractivity contribution is 5.92. The summed E-state index contributed by atoms with van der Waals surface area (Å²) >= 11 is 0. The Morgan fingerprint density at radius 3 is 2.76 bits per heavy atom. The lowest BCUT2D eigenvalue weighted by molar-refractivity contribution is -0.137. The summed E-state index contributed by atoms with van der Waals surface area (Å²) in [5.41, 5.74) is 5.29. The molecule has 0 amide bonds. The number of nitrogens with zero attached hydrogens (tertiary/aromatic N) is 2. The number of ether oxygens (including phenoxy) is 1. The molecular weight excluding hydrogens is 239 g/mol. The largest absolute Gasteiger partial charge is 0.461 e. The van der Waals surface area contributed by atoms with Gasteiger partial charge in [-0.15, -0.1) is 0 Å². The molecule has 0 aliphatic heterocycles. The Morgan fingerprint density at radius 2 is 2.24 bits per heavy atom. The number of aryl methyl sites for hydroxylation is 1. The monoisotopic (exact) mass is 251 g/mol. The van der Waals surface area contributed by atoms with Gasteiger partial charge >= 0.3 is 12.1 Å². The van der Waals surface area contributed by atoms with E-state index in [0.29, 0.717) is 0 Å². The number of aromatic nitrogens is 2. The van der Waals surface area contributed by atoms with E-state index in [1.165, 1.54) is 6.20 Å². The molecule has 96 valence electrons. The van der Waals surface area contributed by atoms with E-state index in [-0.39, 0.29) is 24.5 Å². The van der Waals surface area contributed by atoms with Crippen LogP contribution < -0.4 is 5.73 Å². The highest BCUT2D eigenvalue weighted by atomic mass is 19.4. The molecule has 1 heterocycles. The molecular formula is C9H12F3N3O2. The van der Waals surface area contributed by atoms with Gasteiger partial charge in [-0.05, 0) is 6.92 Å². The first-order chi connectivity index (χ1) is 7.83. The Hall–Kier alpha value is -1.73. The van der Waals surface area contributed by atoms with Gasteiger partial charge in [0.15, 0.2) is 5.69 Å². The van der Waals surface area contributed by atoms with Gasteiger partial charge in [0.2, 0.25) is 0 Å². The summed E-state index contributed by atoms with van der Waals surface area (Å²) < 4.78 is 41.5. The van der Waals surface area contributed by atoms with E-state index in [1.54, 1.807) is 6.92 Å². The molecule has 5 nitrogen and oxygen atoms in total. The molecule has 0 spiro atoms. The van der Waals surface area contributed by atoms with Crippen LogP contribution in [0.2, 0.25) is 0 Å². The van der Waals surface area contributed by atoms with Crippen LogP contribution in [-0.2, 0) is 11.3 Å². The molecule has 0 saturated heterocycles. The van der Waals surface area contributed by atoms with Crippen LogP contribution in [0.15, 0.2) is 6.20 Å². The highest BCUT2D eigenvalue weighted by Gasteiger charge is 2.27. The number of carbonyl (C=O) groups excluding carboxylic acids is 1. The summed E-state index contributed by atoms with van der Waals surface area (Å²) in [5.74, 6) is -0.740. The van der Waals surface area contributed by atoms with Crippen LogP contribution >= 0.6 is 0 Å². The quantitative estimate of drug-likeness (QED) is 0.825. The van der Waals surface area contributed by atoms with Gasteiger partial charge in [-0.2, -0.15) is 18.3 Å². The first kappa shape index (κ1) is 13.3. The second-order valence-electron chi connectivity index (χ2n) is 3.28. The van der Waals surface area contributed by atoms with Crippen molar-refractivity contribution in [2.24, 2.45) is 0 Å². The molecule has 1 rings (SSSR count). The summed E-state index contributed by atoms with van der Waals surface area (Å²) in [4.78, 5) is 11.3. The highest BCUT2D eigenvalue weighted by Crippen LogP contribution is 2.20. The van der Waals surface area contributed by atoms with Crippen molar-refractivity contribution >= 4 is 11.7 Å². The van der Waals surface area contributed by atoms with Crippen molar-refractivity contribution < 1.29 is 22.7 Å². The smallest absolute Gasteiger partial charge is 0.390 e. The van der Waals surface area contributed by atoms with Gasteiger partial charge in [-0.3, -0.25) is 4.68 Å². The average molecular weight is 251 g/mol. The summed E-state index contributed by atoms with van der Waals surface area (Å²) in [6.45, 7) is 1.37. The van der Waals surface area contributed by atoms with E-state index in [4.69, 9.17) is 5.73 Å². The number of hydrogen-bond acceptors (Lipinski definition) is 4. The molecule has 1 aromatic rings. The minimum Gasteiger partial charge on any atom is -0.461 e. The predicted octanol–water partition coefficient (Wildman–Crippen LogP) is 1.59. The summed E-state index contributed by atoms with van der Waals surface area (Å²) in [5, 5.41) is 3.65. The van der Waals surface area contributed by atoms with Gasteiger partial charge in [-0.1, -0.05) is 0 Å². The van der Waals surface area contributed by atoms with E-state index in [9.17, 15) is 18.0 Å². The summed E-state index contributed by atoms with van der Waals surface area (Å²) in [6.07, 6.45) is -4.13. The Kier molecular flexibility index (Phi) is 3.97. The van der Waals surface area contributed by atoms with Crippen LogP contribution in [0.4, 0.5) is 18.9 Å². The Balaban J connectivity index is 2.71. The lowest BCUT2D eigenvalue weighted by atomic mass is 10.4. The third-order valence-electron chi connectivity index (χ3n) is 1.88. The predicted molar refractivity (Wildman–Crippen MR) is 53.3 cm³/mol. The zero-order valence-electron chi connectivity index (χ0n) is 9.12. The van der Waals surface area contributed by atoms with Crippen molar-refractivity contribution in [3.63, 3.8) is 0 Å². The van der Waals surface area contributed by atoms with Gasteiger partial charge in [0.05, 0.1) is 18.7 Å². The SMILES string of the molecule is CCOC(=O)c1nn(CCC(F)(F)F)cc1N. The van der Waals surface area contributed by atoms with Gasteiger partial charge in [0.25, 0.3) is 0 Å². The first-order valence-electron chi connectivity index (χ1n) is 4.90. The van der Waals surface area contributed by atoms with Crippen LogP contribution in [-0.4, -0.2) is 28.5 Å². The second kappa shape index (κ2) is 5.07. The minimum atomic E-state index is -4.27. The molecule has 8 heteroatoms. The van der Waals surface area contributed by atoms with Crippen LogP contribution in [0.25, 0.3) is 0 Å². The number of hydrogen-bond donors (Lipinski definition) is 1. The molecule has 17 heavy (non-hydrogen) atoms. The fourth-order valence-corrected chi connectivity index (χ4v) is 1.15. The maximum Gasteiger partial charge on any atom is 0.390 e. The molecule has 0 radical (unpaired) electrons. The van der Waals surface area contributed by atoms with Crippen LogP contribution in [0.5, 0.6) is 0 Å². The third kappa shape index (κ3) is 3.97. The summed E-state index contributed by atoms with van der Waals surface area (Å²) in [6, 6.07) is 0. The number of anilines is 1. The Morgan fingerprint density at radius 1 is 1.59 bits per heavy atom. The first-order valence-corrected chi connectivity index (χ1v) is 4.90. The third-order valence-corrected chi connectivity index (χ3v) is 1.88. The van der Waals surface area contributed by atoms with Crippen molar-refractivity contribution in [2.45, 2.75) is 26.1 Å². The molecule has 1 aromatic heterocycles. The maximum atomic E-state index is 12.0. The Bertz CT molecular complexity index is 401. The number of alkyl halides is 3. The van der Waals surface area contributed by atoms with Crippen LogP contribution in [0.3, 0.4) is 0 Å². The molecule has 0 aromatic carbocycles. The topological polar surface area (TPSA) is 70.1 Å². The zero-order valence-corrected chi connectivity index (χ0v) is 9.12. The molecule has 0 fully saturated rings. The number of rotatable bonds is 4. The van der Waals surface area contributed by atoms with Crippen molar-refractivity contribution in [3.05, 3.63) is 11.9 Å². The van der Waals surface area contributed by atoms with Gasteiger partial charge in [-0.25, -0.2) is 4.79 Å². The van der Waals surface area contributed by atoms with Crippen LogP contribution in [0, 0.1) is 0 Å². The minimum absolute atomic E-state index is 0.00521. The van der Waals surface area contributed by atoms with E-state index in [2.05, 4.69) is 9.84 Å². The molecule has 0 unspecified atom stereocenters. The van der Waals surface area contributed by atoms with Crippen molar-refractivity contribution in [2.75, 3.05) is 12.3 Å².